The summed E-state index contributed by atoms with van der Waals surface area (Å²) in [5.74, 6) is -1.34. The number of carbonyl (C=O) groups excluding carboxylic acids is 2. The molecule has 1 heterocycles. The SMILES string of the molecule is CC(CN(C)C(=O)C1CCCN(C(=O)C2CC2)C1)C(=O)O. The van der Waals surface area contributed by atoms with Crippen LogP contribution in [0.2, 0.25) is 0 Å². The summed E-state index contributed by atoms with van der Waals surface area (Å²) in [5, 5.41) is 8.92. The van der Waals surface area contributed by atoms with Crippen molar-refractivity contribution in [3.63, 3.8) is 0 Å². The predicted octanol–water partition coefficient (Wildman–Crippen LogP) is 0.814. The lowest BCUT2D eigenvalue weighted by Gasteiger charge is -2.34. The standard InChI is InChI=1S/C15H24N2O4/c1-10(15(20)21)8-16(2)13(18)12-4-3-7-17(9-12)14(19)11-5-6-11/h10-12H,3-9H2,1-2H3,(H,20,21). The molecule has 0 radical (unpaired) electrons. The van der Waals surface area contributed by atoms with E-state index in [1.54, 1.807) is 14.0 Å². The monoisotopic (exact) mass is 296 g/mol. The highest BCUT2D eigenvalue weighted by molar-refractivity contribution is 5.83. The van der Waals surface area contributed by atoms with Gasteiger partial charge < -0.3 is 14.9 Å². The highest BCUT2D eigenvalue weighted by Gasteiger charge is 2.37. The molecule has 1 saturated carbocycles. The third-order valence-electron chi connectivity index (χ3n) is 4.35. The maximum Gasteiger partial charge on any atom is 0.308 e. The van der Waals surface area contributed by atoms with E-state index in [1.807, 2.05) is 4.90 Å². The van der Waals surface area contributed by atoms with Crippen LogP contribution in [0.15, 0.2) is 0 Å². The first-order valence-electron chi connectivity index (χ1n) is 7.66. The fourth-order valence-electron chi connectivity index (χ4n) is 2.86. The van der Waals surface area contributed by atoms with Crippen molar-refractivity contribution < 1.29 is 19.5 Å². The number of carbonyl (C=O) groups is 3. The molecule has 21 heavy (non-hydrogen) atoms. The number of aliphatic carboxylic acids is 1. The molecule has 0 aromatic rings. The molecule has 2 fully saturated rings. The minimum atomic E-state index is -0.899. The van der Waals surface area contributed by atoms with Crippen LogP contribution in [0.3, 0.4) is 0 Å². The molecular formula is C15H24N2O4. The molecule has 2 rings (SSSR count). The number of rotatable bonds is 5. The van der Waals surface area contributed by atoms with E-state index in [0.717, 1.165) is 32.2 Å². The van der Waals surface area contributed by atoms with Crippen LogP contribution in [0.25, 0.3) is 0 Å². The maximum atomic E-state index is 12.4. The van der Waals surface area contributed by atoms with Gasteiger partial charge in [0.25, 0.3) is 0 Å². The van der Waals surface area contributed by atoms with Gasteiger partial charge in [0.05, 0.1) is 11.8 Å². The molecule has 0 bridgehead atoms. The van der Waals surface area contributed by atoms with Crippen LogP contribution >= 0.6 is 0 Å². The van der Waals surface area contributed by atoms with Gasteiger partial charge in [0.15, 0.2) is 0 Å². The first-order valence-corrected chi connectivity index (χ1v) is 7.66. The molecule has 2 unspecified atom stereocenters. The van der Waals surface area contributed by atoms with Crippen LogP contribution in [0, 0.1) is 17.8 Å². The highest BCUT2D eigenvalue weighted by atomic mass is 16.4. The van der Waals surface area contributed by atoms with Gasteiger partial charge in [-0.05, 0) is 25.7 Å². The zero-order valence-electron chi connectivity index (χ0n) is 12.7. The summed E-state index contributed by atoms with van der Waals surface area (Å²) in [4.78, 5) is 38.7. The van der Waals surface area contributed by atoms with Gasteiger partial charge in [-0.15, -0.1) is 0 Å². The third-order valence-corrected chi connectivity index (χ3v) is 4.35. The topological polar surface area (TPSA) is 77.9 Å². The van der Waals surface area contributed by atoms with Gasteiger partial charge >= 0.3 is 5.97 Å². The van der Waals surface area contributed by atoms with Gasteiger partial charge in [0, 0.05) is 32.6 Å². The number of nitrogens with zero attached hydrogens (tertiary/aromatic N) is 2. The zero-order chi connectivity index (χ0) is 15.6. The van der Waals surface area contributed by atoms with E-state index in [-0.39, 0.29) is 30.2 Å². The van der Waals surface area contributed by atoms with Gasteiger partial charge in [-0.25, -0.2) is 0 Å². The quantitative estimate of drug-likeness (QED) is 0.814. The van der Waals surface area contributed by atoms with Gasteiger partial charge in [-0.2, -0.15) is 0 Å². The summed E-state index contributed by atoms with van der Waals surface area (Å²) in [6.07, 6.45) is 3.57. The summed E-state index contributed by atoms with van der Waals surface area (Å²) in [7, 11) is 1.64. The van der Waals surface area contributed by atoms with E-state index in [0.29, 0.717) is 6.54 Å². The average Bonchev–Trinajstić information content (AvgIpc) is 3.30. The van der Waals surface area contributed by atoms with Crippen molar-refractivity contribution in [3.8, 4) is 0 Å². The van der Waals surface area contributed by atoms with Crippen molar-refractivity contribution in [1.82, 2.24) is 9.80 Å². The van der Waals surface area contributed by atoms with Crippen molar-refractivity contribution >= 4 is 17.8 Å². The lowest BCUT2D eigenvalue weighted by atomic mass is 9.96. The van der Waals surface area contributed by atoms with Crippen LogP contribution in [0.5, 0.6) is 0 Å². The Balaban J connectivity index is 1.88. The minimum absolute atomic E-state index is 0.0450. The molecule has 2 amide bonds. The first-order chi connectivity index (χ1) is 9.90. The number of carboxylic acid groups (broad SMARTS) is 1. The van der Waals surface area contributed by atoms with E-state index >= 15 is 0 Å². The second-order valence-corrected chi connectivity index (χ2v) is 6.36. The number of hydrogen-bond acceptors (Lipinski definition) is 3. The lowest BCUT2D eigenvalue weighted by molar-refractivity contribution is -0.144. The second kappa shape index (κ2) is 6.45. The Morgan fingerprint density at radius 1 is 1.24 bits per heavy atom. The molecule has 0 aromatic carbocycles. The minimum Gasteiger partial charge on any atom is -0.481 e. The summed E-state index contributed by atoms with van der Waals surface area (Å²) < 4.78 is 0. The Kier molecular flexibility index (Phi) is 4.85. The molecule has 0 spiro atoms. The Hall–Kier alpha value is -1.59. The number of piperidine rings is 1. The van der Waals surface area contributed by atoms with Crippen molar-refractivity contribution in [2.45, 2.75) is 32.6 Å². The molecule has 1 aliphatic heterocycles. The Bertz CT molecular complexity index is 433. The molecule has 6 nitrogen and oxygen atoms in total. The van der Waals surface area contributed by atoms with Crippen molar-refractivity contribution in [2.24, 2.45) is 17.8 Å². The average molecular weight is 296 g/mol. The lowest BCUT2D eigenvalue weighted by Crippen LogP contribution is -2.47. The van der Waals surface area contributed by atoms with Crippen molar-refractivity contribution in [2.75, 3.05) is 26.7 Å². The normalized spacial score (nSPS) is 23.5. The third kappa shape index (κ3) is 3.95. The first kappa shape index (κ1) is 15.8. The predicted molar refractivity (Wildman–Crippen MR) is 76.5 cm³/mol. The smallest absolute Gasteiger partial charge is 0.308 e. The molecule has 6 heteroatoms. The fourth-order valence-corrected chi connectivity index (χ4v) is 2.86. The Labute approximate surface area is 125 Å². The van der Waals surface area contributed by atoms with Gasteiger partial charge in [-0.1, -0.05) is 6.92 Å². The summed E-state index contributed by atoms with van der Waals surface area (Å²) in [6.45, 7) is 3.03. The van der Waals surface area contributed by atoms with Crippen LogP contribution in [0.1, 0.15) is 32.6 Å². The largest absolute Gasteiger partial charge is 0.481 e. The highest BCUT2D eigenvalue weighted by Crippen LogP contribution is 2.32. The Morgan fingerprint density at radius 2 is 1.90 bits per heavy atom. The molecule has 1 saturated heterocycles. The molecule has 2 aliphatic rings. The van der Waals surface area contributed by atoms with Gasteiger partial charge in [-0.3, -0.25) is 14.4 Å². The molecule has 1 aliphatic carbocycles. The summed E-state index contributed by atoms with van der Waals surface area (Å²) in [5.41, 5.74) is 0. The van der Waals surface area contributed by atoms with E-state index in [4.69, 9.17) is 5.11 Å². The van der Waals surface area contributed by atoms with Crippen LogP contribution in [-0.4, -0.2) is 59.4 Å². The van der Waals surface area contributed by atoms with Crippen LogP contribution in [-0.2, 0) is 14.4 Å². The van der Waals surface area contributed by atoms with E-state index in [1.165, 1.54) is 4.90 Å². The van der Waals surface area contributed by atoms with E-state index in [9.17, 15) is 14.4 Å². The fraction of sp³-hybridized carbons (Fsp3) is 0.800. The van der Waals surface area contributed by atoms with Gasteiger partial charge in [0.1, 0.15) is 0 Å². The number of amides is 2. The van der Waals surface area contributed by atoms with Crippen LogP contribution < -0.4 is 0 Å². The molecule has 2 atom stereocenters. The summed E-state index contributed by atoms with van der Waals surface area (Å²) in [6, 6.07) is 0. The Morgan fingerprint density at radius 3 is 2.48 bits per heavy atom. The number of hydrogen-bond donors (Lipinski definition) is 1. The summed E-state index contributed by atoms with van der Waals surface area (Å²) >= 11 is 0. The van der Waals surface area contributed by atoms with E-state index in [2.05, 4.69) is 0 Å². The van der Waals surface area contributed by atoms with Crippen molar-refractivity contribution in [1.29, 1.82) is 0 Å². The van der Waals surface area contributed by atoms with E-state index < -0.39 is 11.9 Å². The molecular weight excluding hydrogens is 272 g/mol. The van der Waals surface area contributed by atoms with Gasteiger partial charge in [0.2, 0.25) is 11.8 Å². The number of carboxylic acids is 1. The van der Waals surface area contributed by atoms with Crippen LogP contribution in [0.4, 0.5) is 0 Å². The zero-order valence-corrected chi connectivity index (χ0v) is 12.7. The molecule has 118 valence electrons. The second-order valence-electron chi connectivity index (χ2n) is 6.36. The number of likely N-dealkylation sites (tertiary alicyclic amines) is 1. The van der Waals surface area contributed by atoms with Crippen molar-refractivity contribution in [3.05, 3.63) is 0 Å². The maximum absolute atomic E-state index is 12.4. The molecule has 0 aromatic heterocycles. The molecule has 1 N–H and O–H groups in total.